The summed E-state index contributed by atoms with van der Waals surface area (Å²) >= 11 is 1.55. The molecule has 4 amide bonds. The number of carbonyl (C=O) groups excluding carboxylic acids is 6. The second kappa shape index (κ2) is 27.7. The van der Waals surface area contributed by atoms with E-state index in [0.29, 0.717) is 32.2 Å². The van der Waals surface area contributed by atoms with Crippen molar-refractivity contribution in [3.63, 3.8) is 0 Å². The number of amides is 4. The maximum Gasteiger partial charge on any atom is 0.245 e. The highest BCUT2D eigenvalue weighted by Crippen LogP contribution is 2.33. The molecule has 1 saturated heterocycles. The van der Waals surface area contributed by atoms with Crippen LogP contribution in [-0.2, 0) is 49.4 Å². The molecule has 0 aliphatic carbocycles. The van der Waals surface area contributed by atoms with Gasteiger partial charge in [-0.25, -0.2) is 4.98 Å². The van der Waals surface area contributed by atoms with Crippen LogP contribution in [0.3, 0.4) is 0 Å². The van der Waals surface area contributed by atoms with Gasteiger partial charge in [0.25, 0.3) is 0 Å². The Morgan fingerprint density at radius 1 is 0.864 bits per heavy atom. The molecule has 15 heteroatoms. The van der Waals surface area contributed by atoms with Gasteiger partial charge in [-0.15, -0.1) is 11.3 Å². The zero-order valence-electron chi connectivity index (χ0n) is 42.1. The molecular formula is C51H81N5O9S. The van der Waals surface area contributed by atoms with Crippen molar-refractivity contribution in [3.05, 3.63) is 52.5 Å². The first-order valence-corrected chi connectivity index (χ1v) is 24.9. The van der Waals surface area contributed by atoms with Gasteiger partial charge in [0.2, 0.25) is 23.6 Å². The van der Waals surface area contributed by atoms with Crippen LogP contribution in [0, 0.1) is 29.6 Å². The topological polar surface area (TPSA) is 165 Å². The van der Waals surface area contributed by atoms with Gasteiger partial charge in [-0.2, -0.15) is 0 Å². The van der Waals surface area contributed by atoms with Crippen LogP contribution in [0.5, 0.6) is 0 Å². The van der Waals surface area contributed by atoms with Gasteiger partial charge < -0.3 is 34.2 Å². The number of ether oxygens (including phenoxy) is 3. The highest BCUT2D eigenvalue weighted by atomic mass is 32.1. The van der Waals surface area contributed by atoms with Crippen LogP contribution >= 0.6 is 11.3 Å². The first-order valence-electron chi connectivity index (χ1n) is 24.0. The Morgan fingerprint density at radius 2 is 1.53 bits per heavy atom. The average molecular weight is 940 g/mol. The zero-order valence-corrected chi connectivity index (χ0v) is 42.9. The number of thiazole rings is 1. The van der Waals surface area contributed by atoms with Gasteiger partial charge >= 0.3 is 0 Å². The molecule has 1 aliphatic rings. The summed E-state index contributed by atoms with van der Waals surface area (Å²) in [6.07, 6.45) is 4.03. The lowest BCUT2D eigenvalue weighted by Gasteiger charge is -2.41. The second-order valence-electron chi connectivity index (χ2n) is 19.2. The summed E-state index contributed by atoms with van der Waals surface area (Å²) in [4.78, 5) is 91.9. The first kappa shape index (κ1) is 56.3. The summed E-state index contributed by atoms with van der Waals surface area (Å²) in [5.41, 5.74) is 1.14. The largest absolute Gasteiger partial charge is 0.380 e. The number of likely N-dealkylation sites (tertiary alicyclic amines) is 1. The number of aromatic nitrogens is 1. The van der Waals surface area contributed by atoms with Crippen molar-refractivity contribution >= 4 is 46.5 Å². The summed E-state index contributed by atoms with van der Waals surface area (Å²) in [5.74, 6) is -2.35. The molecule has 1 aromatic heterocycles. The number of ketones is 2. The molecule has 66 heavy (non-hydrogen) atoms. The number of rotatable bonds is 29. The fourth-order valence-electron chi connectivity index (χ4n) is 9.30. The number of carbonyl (C=O) groups is 6. The van der Waals surface area contributed by atoms with E-state index in [1.165, 1.54) is 4.90 Å². The van der Waals surface area contributed by atoms with Gasteiger partial charge in [-0.3, -0.25) is 28.8 Å². The summed E-state index contributed by atoms with van der Waals surface area (Å²) in [7, 11) is 6.44. The van der Waals surface area contributed by atoms with E-state index >= 15 is 0 Å². The van der Waals surface area contributed by atoms with Crippen LogP contribution in [0.15, 0.2) is 41.9 Å². The lowest BCUT2D eigenvalue weighted by Crippen LogP contribution is -2.60. The Labute approximate surface area is 399 Å². The molecular weight excluding hydrogens is 859 g/mol. The minimum Gasteiger partial charge on any atom is -0.380 e. The number of nitrogens with zero attached hydrogens (tertiary/aromatic N) is 4. The van der Waals surface area contributed by atoms with E-state index in [1.54, 1.807) is 50.7 Å². The summed E-state index contributed by atoms with van der Waals surface area (Å²) in [6, 6.07) is 7.48. The predicted octanol–water partition coefficient (Wildman–Crippen LogP) is 6.99. The van der Waals surface area contributed by atoms with Crippen LogP contribution in [0.2, 0.25) is 0 Å². The van der Waals surface area contributed by atoms with E-state index in [0.717, 1.165) is 17.0 Å². The van der Waals surface area contributed by atoms with Crippen LogP contribution in [0.1, 0.15) is 124 Å². The van der Waals surface area contributed by atoms with E-state index < -0.39 is 42.2 Å². The Kier molecular flexibility index (Phi) is 23.6. The minimum absolute atomic E-state index is 0.000365. The smallest absolute Gasteiger partial charge is 0.245 e. The quantitative estimate of drug-likeness (QED) is 0.0841. The minimum atomic E-state index is -0.929. The molecule has 2 unspecified atom stereocenters. The van der Waals surface area contributed by atoms with Crippen molar-refractivity contribution in [2.75, 3.05) is 48.1 Å². The summed E-state index contributed by atoms with van der Waals surface area (Å²) in [6.45, 7) is 17.9. The lowest BCUT2D eigenvalue weighted by molar-refractivity contribution is -0.148. The monoisotopic (exact) mass is 940 g/mol. The number of methoxy groups -OCH3 is 2. The van der Waals surface area contributed by atoms with Gasteiger partial charge in [0.15, 0.2) is 0 Å². The molecule has 1 aliphatic heterocycles. The third-order valence-corrected chi connectivity index (χ3v) is 14.4. The fourth-order valence-corrected chi connectivity index (χ4v) is 10.0. The SMILES string of the molecule is CC[C@@H](C)C([C@@H](CC(=O)N1CCC[C@H]1[C@H](OC)[C@@H](C)C(=O)C[C@@H](Cc1ccccc1)c1nccs1)OC)N(C)C(=O)[C@@H](NC(=O)C(C(C)C)N(C)C(=O)CCOCCC(=O)C(C)C)C(C)C. The number of nitrogens with one attached hydrogen (secondary N) is 1. The average Bonchev–Trinajstić information content (AvgIpc) is 4.01. The Balaban J connectivity index is 1.75. The Bertz CT molecular complexity index is 1830. The molecule has 1 fully saturated rings. The number of benzene rings is 1. The predicted molar refractivity (Wildman–Crippen MR) is 259 cm³/mol. The first-order chi connectivity index (χ1) is 31.3. The van der Waals surface area contributed by atoms with E-state index in [2.05, 4.69) is 22.4 Å². The molecule has 370 valence electrons. The zero-order chi connectivity index (χ0) is 49.2. The molecule has 2 heterocycles. The van der Waals surface area contributed by atoms with E-state index in [4.69, 9.17) is 14.2 Å². The Hall–Kier alpha value is -4.05. The third-order valence-electron chi connectivity index (χ3n) is 13.5. The standard InChI is InChI=1S/C51H81N5O9S/c1-14-35(8)47(55(11)51(62)45(33(4)5)53-49(61)46(34(6)7)54(10)43(59)23-27-65-26-22-40(57)32(2)3)42(63-12)31-44(60)56-25-18-21-39(56)48(64-13)36(9)41(58)30-38(50-52-24-28-66-50)29-37-19-16-15-17-20-37/h15-17,19-20,24,28,32-36,38-39,42,45-48H,14,18,21-23,25-27,29-31H2,1-13H3,(H,53,61)/t35-,36+,38-,39+,42-,45+,46?,47?,48-/m1/s1. The molecule has 14 nitrogen and oxygen atoms in total. The molecule has 2 aromatic rings. The van der Waals surface area contributed by atoms with Crippen LogP contribution in [0.4, 0.5) is 0 Å². The van der Waals surface area contributed by atoms with Gasteiger partial charge in [0, 0.05) is 77.0 Å². The van der Waals surface area contributed by atoms with Crippen LogP contribution in [0.25, 0.3) is 0 Å². The van der Waals surface area contributed by atoms with Gasteiger partial charge in [-0.05, 0) is 42.6 Å². The maximum atomic E-state index is 14.6. The lowest BCUT2D eigenvalue weighted by atomic mass is 9.85. The summed E-state index contributed by atoms with van der Waals surface area (Å²) < 4.78 is 17.8. The number of hydrogen-bond acceptors (Lipinski definition) is 11. The third kappa shape index (κ3) is 15.8. The molecule has 0 spiro atoms. The highest BCUT2D eigenvalue weighted by molar-refractivity contribution is 7.09. The van der Waals surface area contributed by atoms with Crippen LogP contribution in [-0.4, -0.2) is 139 Å². The number of likely N-dealkylation sites (N-methyl/N-ethyl adjacent to an activating group) is 2. The molecule has 0 saturated carbocycles. The van der Waals surface area contributed by atoms with Crippen molar-refractivity contribution in [3.8, 4) is 0 Å². The van der Waals surface area contributed by atoms with Crippen molar-refractivity contribution in [1.29, 1.82) is 0 Å². The van der Waals surface area contributed by atoms with Crippen LogP contribution < -0.4 is 5.32 Å². The van der Waals surface area contributed by atoms with Crippen molar-refractivity contribution in [2.24, 2.45) is 29.6 Å². The Morgan fingerprint density at radius 3 is 2.09 bits per heavy atom. The van der Waals surface area contributed by atoms with E-state index in [1.807, 2.05) is 90.8 Å². The maximum absolute atomic E-state index is 14.6. The van der Waals surface area contributed by atoms with E-state index in [-0.39, 0.29) is 97.4 Å². The van der Waals surface area contributed by atoms with Crippen molar-refractivity contribution < 1.29 is 43.0 Å². The van der Waals surface area contributed by atoms with Gasteiger partial charge in [0.1, 0.15) is 23.7 Å². The number of hydrogen-bond donors (Lipinski definition) is 1. The fraction of sp³-hybridized carbons (Fsp3) is 0.706. The molecule has 0 radical (unpaired) electrons. The molecule has 1 aromatic carbocycles. The van der Waals surface area contributed by atoms with E-state index in [9.17, 15) is 28.8 Å². The van der Waals surface area contributed by atoms with Gasteiger partial charge in [0.05, 0.1) is 55.4 Å². The number of Topliss-reactive ketones (excluding diaryl/α,β-unsaturated/α-hetero) is 2. The van der Waals surface area contributed by atoms with Crippen molar-refractivity contribution in [2.45, 2.75) is 156 Å². The second-order valence-corrected chi connectivity index (χ2v) is 20.1. The molecule has 9 atom stereocenters. The highest BCUT2D eigenvalue weighted by Gasteiger charge is 2.43. The van der Waals surface area contributed by atoms with Gasteiger partial charge in [-0.1, -0.05) is 99.1 Å². The van der Waals surface area contributed by atoms with Crippen molar-refractivity contribution in [1.82, 2.24) is 25.0 Å². The molecule has 0 bridgehead atoms. The molecule has 3 rings (SSSR count). The normalized spacial score (nSPS) is 17.8. The molecule has 1 N–H and O–H groups in total. The summed E-state index contributed by atoms with van der Waals surface area (Å²) in [5, 5.41) is 5.85.